The van der Waals surface area contributed by atoms with Gasteiger partial charge in [-0.1, -0.05) is 40.5 Å². The van der Waals surface area contributed by atoms with E-state index in [4.69, 9.17) is 37.2 Å². The highest BCUT2D eigenvalue weighted by atomic mass is 35.5. The van der Waals surface area contributed by atoms with E-state index in [0.717, 1.165) is 0 Å². The van der Waals surface area contributed by atoms with Crippen LogP contribution in [-0.2, 0) is 9.53 Å². The van der Waals surface area contributed by atoms with Gasteiger partial charge < -0.3 is 14.0 Å². The van der Waals surface area contributed by atoms with E-state index in [-0.39, 0.29) is 30.4 Å². The summed E-state index contributed by atoms with van der Waals surface area (Å²) in [5, 5.41) is 7.48. The van der Waals surface area contributed by atoms with E-state index in [1.807, 2.05) is 0 Å². The first-order chi connectivity index (χ1) is 14.0. The summed E-state index contributed by atoms with van der Waals surface area (Å²) in [7, 11) is 0. The van der Waals surface area contributed by atoms with E-state index < -0.39 is 11.9 Å². The van der Waals surface area contributed by atoms with Crippen LogP contribution in [-0.4, -0.2) is 30.2 Å². The van der Waals surface area contributed by atoms with Crippen molar-refractivity contribution in [1.29, 1.82) is 0 Å². The lowest BCUT2D eigenvalue weighted by atomic mass is 10.1. The zero-order valence-electron chi connectivity index (χ0n) is 15.3. The normalized spacial score (nSPS) is 10.4. The molecule has 0 saturated heterocycles. The summed E-state index contributed by atoms with van der Waals surface area (Å²) in [4.78, 5) is 24.7. The van der Waals surface area contributed by atoms with Crippen LogP contribution in [0.1, 0.15) is 17.3 Å². The molecule has 1 aromatic heterocycles. The number of ether oxygens (including phenoxy) is 2. The molecule has 3 rings (SSSR count). The predicted octanol–water partition coefficient (Wildman–Crippen LogP) is 4.84. The fourth-order valence-corrected chi connectivity index (χ4v) is 2.67. The summed E-state index contributed by atoms with van der Waals surface area (Å²) in [6.07, 6.45) is 0. The number of nitrogens with one attached hydrogen (secondary N) is 1. The maximum absolute atomic E-state index is 12.4. The van der Waals surface area contributed by atoms with Crippen LogP contribution in [0.25, 0.3) is 11.3 Å². The van der Waals surface area contributed by atoms with Crippen molar-refractivity contribution in [1.82, 2.24) is 5.16 Å². The number of hydrogen-bond donors (Lipinski definition) is 1. The van der Waals surface area contributed by atoms with Gasteiger partial charge in [-0.2, -0.15) is 0 Å². The Kier molecular flexibility index (Phi) is 6.74. The van der Waals surface area contributed by atoms with Crippen molar-refractivity contribution in [2.24, 2.45) is 0 Å². The highest BCUT2D eigenvalue weighted by Crippen LogP contribution is 2.30. The Morgan fingerprint density at radius 2 is 1.66 bits per heavy atom. The van der Waals surface area contributed by atoms with Crippen LogP contribution in [0.5, 0.6) is 5.75 Å². The fraction of sp³-hybridized carbons (Fsp3) is 0.150. The fourth-order valence-electron chi connectivity index (χ4n) is 2.42. The number of nitrogens with zero attached hydrogens (tertiary/aromatic N) is 1. The van der Waals surface area contributed by atoms with Crippen LogP contribution >= 0.6 is 23.2 Å². The quantitative estimate of drug-likeness (QED) is 0.534. The summed E-state index contributed by atoms with van der Waals surface area (Å²) in [6, 6.07) is 13.2. The first-order valence-electron chi connectivity index (χ1n) is 8.59. The van der Waals surface area contributed by atoms with Gasteiger partial charge in [0.05, 0.1) is 6.61 Å². The molecule has 29 heavy (non-hydrogen) atoms. The van der Waals surface area contributed by atoms with Gasteiger partial charge >= 0.3 is 5.97 Å². The molecule has 0 spiro atoms. The molecule has 1 N–H and O–H groups in total. The number of esters is 1. The summed E-state index contributed by atoms with van der Waals surface area (Å²) in [5.74, 6) is -0.871. The number of rotatable bonds is 7. The minimum atomic E-state index is -0.674. The standard InChI is InChI=1S/C20H16Cl2N2O5/c1-2-27-20(26)17-18(12-3-5-13(21)6-4-12)24-29-19(17)23-16(25)11-28-15-9-7-14(22)8-10-15/h3-10H,2,11H2,1H3,(H,23,25). The number of aromatic nitrogens is 1. The molecular formula is C20H16Cl2N2O5. The van der Waals surface area contributed by atoms with Gasteiger partial charge in [-0.15, -0.1) is 0 Å². The average molecular weight is 435 g/mol. The van der Waals surface area contributed by atoms with Crippen LogP contribution in [0.2, 0.25) is 10.0 Å². The maximum Gasteiger partial charge on any atom is 0.346 e. The second kappa shape index (κ2) is 9.45. The molecule has 0 bridgehead atoms. The summed E-state index contributed by atoms with van der Waals surface area (Å²) in [5.41, 5.74) is 0.821. The van der Waals surface area contributed by atoms with Crippen molar-refractivity contribution < 1.29 is 23.6 Å². The topological polar surface area (TPSA) is 90.7 Å². The van der Waals surface area contributed by atoms with E-state index in [0.29, 0.717) is 21.4 Å². The molecule has 0 aliphatic rings. The highest BCUT2D eigenvalue weighted by Gasteiger charge is 2.26. The van der Waals surface area contributed by atoms with Crippen molar-refractivity contribution in [3.63, 3.8) is 0 Å². The van der Waals surface area contributed by atoms with Gasteiger partial charge in [0.1, 0.15) is 11.4 Å². The molecule has 0 aliphatic carbocycles. The van der Waals surface area contributed by atoms with Gasteiger partial charge in [-0.25, -0.2) is 4.79 Å². The Morgan fingerprint density at radius 1 is 1.03 bits per heavy atom. The molecule has 0 saturated carbocycles. The number of amides is 1. The lowest BCUT2D eigenvalue weighted by Gasteiger charge is -2.07. The molecule has 2 aromatic carbocycles. The van der Waals surface area contributed by atoms with E-state index in [2.05, 4.69) is 10.5 Å². The maximum atomic E-state index is 12.4. The third-order valence-electron chi connectivity index (χ3n) is 3.73. The van der Waals surface area contributed by atoms with Crippen LogP contribution in [0.4, 0.5) is 5.88 Å². The predicted molar refractivity (Wildman–Crippen MR) is 108 cm³/mol. The molecule has 9 heteroatoms. The first-order valence-corrected chi connectivity index (χ1v) is 9.34. The van der Waals surface area contributed by atoms with Gasteiger partial charge in [0.2, 0.25) is 5.88 Å². The zero-order chi connectivity index (χ0) is 20.8. The van der Waals surface area contributed by atoms with Gasteiger partial charge in [-0.3, -0.25) is 10.1 Å². The van der Waals surface area contributed by atoms with Gasteiger partial charge in [0.15, 0.2) is 12.2 Å². The van der Waals surface area contributed by atoms with Crippen LogP contribution in [0.3, 0.4) is 0 Å². The largest absolute Gasteiger partial charge is 0.484 e. The summed E-state index contributed by atoms with van der Waals surface area (Å²) >= 11 is 11.7. The first kappa shape index (κ1) is 20.7. The Morgan fingerprint density at radius 3 is 2.28 bits per heavy atom. The second-order valence-electron chi connectivity index (χ2n) is 5.75. The molecule has 0 fully saturated rings. The summed E-state index contributed by atoms with van der Waals surface area (Å²) < 4.78 is 15.7. The lowest BCUT2D eigenvalue weighted by Crippen LogP contribution is -2.21. The van der Waals surface area contributed by atoms with E-state index in [1.165, 1.54) is 0 Å². The lowest BCUT2D eigenvalue weighted by molar-refractivity contribution is -0.118. The van der Waals surface area contributed by atoms with Crippen molar-refractivity contribution in [3.05, 3.63) is 64.1 Å². The third kappa shape index (κ3) is 5.28. The van der Waals surface area contributed by atoms with Crippen molar-refractivity contribution in [2.45, 2.75) is 6.92 Å². The monoisotopic (exact) mass is 434 g/mol. The molecule has 7 nitrogen and oxygen atoms in total. The van der Waals surface area contributed by atoms with E-state index in [1.54, 1.807) is 55.5 Å². The molecule has 1 heterocycles. The molecule has 0 radical (unpaired) electrons. The zero-order valence-corrected chi connectivity index (χ0v) is 16.8. The van der Waals surface area contributed by atoms with Crippen LogP contribution < -0.4 is 10.1 Å². The number of carbonyl (C=O) groups is 2. The Balaban J connectivity index is 1.78. The molecule has 3 aromatic rings. The molecule has 0 unspecified atom stereocenters. The third-order valence-corrected chi connectivity index (χ3v) is 4.23. The van der Waals surface area contributed by atoms with E-state index >= 15 is 0 Å². The molecule has 0 atom stereocenters. The number of halogens is 2. The number of benzene rings is 2. The van der Waals surface area contributed by atoms with E-state index in [9.17, 15) is 9.59 Å². The number of anilines is 1. The van der Waals surface area contributed by atoms with Gasteiger partial charge in [-0.05, 0) is 43.3 Å². The number of carbonyl (C=O) groups excluding carboxylic acids is 2. The number of hydrogen-bond acceptors (Lipinski definition) is 6. The second-order valence-corrected chi connectivity index (χ2v) is 6.63. The average Bonchev–Trinajstić information content (AvgIpc) is 3.12. The Labute approximate surface area is 176 Å². The molecule has 1 amide bonds. The summed E-state index contributed by atoms with van der Waals surface area (Å²) in [6.45, 7) is 1.52. The molecule has 150 valence electrons. The van der Waals surface area contributed by atoms with Crippen molar-refractivity contribution in [2.75, 3.05) is 18.5 Å². The Bertz CT molecular complexity index is 1000. The SMILES string of the molecule is CCOC(=O)c1c(-c2ccc(Cl)cc2)noc1NC(=O)COc1ccc(Cl)cc1. The molecular weight excluding hydrogens is 419 g/mol. The van der Waals surface area contributed by atoms with Crippen molar-refractivity contribution in [3.8, 4) is 17.0 Å². The van der Waals surface area contributed by atoms with Crippen molar-refractivity contribution >= 4 is 41.0 Å². The smallest absolute Gasteiger partial charge is 0.346 e. The minimum Gasteiger partial charge on any atom is -0.484 e. The van der Waals surface area contributed by atoms with Crippen LogP contribution in [0, 0.1) is 0 Å². The Hall–Kier alpha value is -3.03. The van der Waals surface area contributed by atoms with Crippen LogP contribution in [0.15, 0.2) is 53.1 Å². The highest BCUT2D eigenvalue weighted by molar-refractivity contribution is 6.30. The minimum absolute atomic E-state index is 0.00835. The van der Waals surface area contributed by atoms with Gasteiger partial charge in [0.25, 0.3) is 5.91 Å². The van der Waals surface area contributed by atoms with Gasteiger partial charge in [0, 0.05) is 15.6 Å². The molecule has 0 aliphatic heterocycles.